The van der Waals surface area contributed by atoms with Gasteiger partial charge in [0.1, 0.15) is 18.2 Å². The average Bonchev–Trinajstić information content (AvgIpc) is 3.03. The molecule has 0 spiro atoms. The normalized spacial score (nSPS) is 11.6. The van der Waals surface area contributed by atoms with Crippen LogP contribution < -0.4 is 15.0 Å². The van der Waals surface area contributed by atoms with Gasteiger partial charge < -0.3 is 4.74 Å². The highest BCUT2D eigenvalue weighted by atomic mass is 32.2. The van der Waals surface area contributed by atoms with Crippen molar-refractivity contribution in [2.75, 3.05) is 18.9 Å². The van der Waals surface area contributed by atoms with Crippen LogP contribution in [0.4, 0.5) is 4.39 Å². The van der Waals surface area contributed by atoms with E-state index >= 15 is 0 Å². The summed E-state index contributed by atoms with van der Waals surface area (Å²) in [6.07, 6.45) is 0. The third-order valence-corrected chi connectivity index (χ3v) is 5.51. The fourth-order valence-electron chi connectivity index (χ4n) is 2.75. The molecule has 0 aliphatic heterocycles. The molecule has 0 aliphatic rings. The molecule has 1 aromatic carbocycles. The number of hydrogen-bond acceptors (Lipinski definition) is 6. The van der Waals surface area contributed by atoms with Crippen molar-refractivity contribution in [3.63, 3.8) is 0 Å². The molecule has 1 N–H and O–H groups in total. The number of benzene rings is 1. The third-order valence-electron chi connectivity index (χ3n) is 4.16. The zero-order valence-electron chi connectivity index (χ0n) is 16.6. The first-order chi connectivity index (χ1) is 14.2. The van der Waals surface area contributed by atoms with E-state index in [0.717, 1.165) is 11.4 Å². The van der Waals surface area contributed by atoms with Crippen molar-refractivity contribution in [1.29, 1.82) is 0 Å². The van der Waals surface area contributed by atoms with Gasteiger partial charge in [0.2, 0.25) is 10.0 Å². The van der Waals surface area contributed by atoms with Gasteiger partial charge in [0.25, 0.3) is 5.56 Å². The van der Waals surface area contributed by atoms with Gasteiger partial charge in [-0.15, -0.1) is 5.10 Å². The van der Waals surface area contributed by atoms with E-state index < -0.39 is 15.8 Å². The Morgan fingerprint density at radius 3 is 2.50 bits per heavy atom. The Morgan fingerprint density at radius 1 is 1.10 bits per heavy atom. The van der Waals surface area contributed by atoms with Crippen molar-refractivity contribution in [2.45, 2.75) is 20.4 Å². The molecule has 0 aliphatic carbocycles. The van der Waals surface area contributed by atoms with Crippen molar-refractivity contribution in [1.82, 2.24) is 24.3 Å². The first-order valence-corrected chi connectivity index (χ1v) is 10.9. The van der Waals surface area contributed by atoms with Crippen LogP contribution in [0.25, 0.3) is 5.82 Å². The molecule has 160 valence electrons. The van der Waals surface area contributed by atoms with Gasteiger partial charge in [0.05, 0.1) is 18.0 Å². The van der Waals surface area contributed by atoms with Crippen LogP contribution in [-0.4, -0.2) is 46.9 Å². The van der Waals surface area contributed by atoms with E-state index in [1.54, 1.807) is 10.7 Å². The SMILES string of the molecule is Cc1cc(C)n(-c2ccc(=O)n(CCNS(=O)(=O)CCOc3ccc(F)cc3)n2)n1. The predicted octanol–water partition coefficient (Wildman–Crippen LogP) is 1.18. The number of sulfonamides is 1. The van der Waals surface area contributed by atoms with Crippen LogP contribution in [0.3, 0.4) is 0 Å². The summed E-state index contributed by atoms with van der Waals surface area (Å²) in [5.74, 6) is 0.167. The van der Waals surface area contributed by atoms with Crippen LogP contribution in [0.2, 0.25) is 0 Å². The highest BCUT2D eigenvalue weighted by molar-refractivity contribution is 7.89. The minimum absolute atomic E-state index is 0.00758. The third kappa shape index (κ3) is 5.74. The van der Waals surface area contributed by atoms with Crippen LogP contribution in [0.15, 0.2) is 47.3 Å². The Kier molecular flexibility index (Phi) is 6.63. The second-order valence-corrected chi connectivity index (χ2v) is 8.53. The summed E-state index contributed by atoms with van der Waals surface area (Å²) in [7, 11) is -3.62. The number of nitrogens with one attached hydrogen (secondary N) is 1. The molecule has 0 radical (unpaired) electrons. The Balaban J connectivity index is 1.54. The lowest BCUT2D eigenvalue weighted by atomic mass is 10.3. The molecule has 0 bridgehead atoms. The van der Waals surface area contributed by atoms with Gasteiger partial charge in [-0.2, -0.15) is 5.10 Å². The summed E-state index contributed by atoms with van der Waals surface area (Å²) in [5, 5.41) is 8.59. The van der Waals surface area contributed by atoms with Crippen LogP contribution in [0, 0.1) is 19.7 Å². The molecule has 0 atom stereocenters. The Morgan fingerprint density at radius 2 is 1.83 bits per heavy atom. The largest absolute Gasteiger partial charge is 0.492 e. The zero-order chi connectivity index (χ0) is 21.7. The zero-order valence-corrected chi connectivity index (χ0v) is 17.4. The fraction of sp³-hybridized carbons (Fsp3) is 0.316. The number of aryl methyl sites for hydroxylation is 2. The second kappa shape index (κ2) is 9.18. The Hall–Kier alpha value is -3.05. The highest BCUT2D eigenvalue weighted by Crippen LogP contribution is 2.11. The van der Waals surface area contributed by atoms with Gasteiger partial charge in [-0.1, -0.05) is 0 Å². The number of hydrogen-bond donors (Lipinski definition) is 1. The molecule has 0 saturated carbocycles. The summed E-state index contributed by atoms with van der Waals surface area (Å²) in [5.41, 5.74) is 1.34. The summed E-state index contributed by atoms with van der Waals surface area (Å²) in [6, 6.07) is 10.1. The molecule has 3 rings (SSSR count). The van der Waals surface area contributed by atoms with E-state index in [0.29, 0.717) is 11.6 Å². The smallest absolute Gasteiger partial charge is 0.266 e. The molecule has 2 heterocycles. The number of halogens is 1. The summed E-state index contributed by atoms with van der Waals surface area (Å²) < 4.78 is 47.6. The van der Waals surface area contributed by atoms with Crippen molar-refractivity contribution >= 4 is 10.0 Å². The minimum Gasteiger partial charge on any atom is -0.492 e. The number of aromatic nitrogens is 4. The first-order valence-electron chi connectivity index (χ1n) is 9.21. The maximum Gasteiger partial charge on any atom is 0.266 e. The van der Waals surface area contributed by atoms with Gasteiger partial charge in [-0.3, -0.25) is 4.79 Å². The molecule has 30 heavy (non-hydrogen) atoms. The van der Waals surface area contributed by atoms with Gasteiger partial charge >= 0.3 is 0 Å². The maximum atomic E-state index is 12.9. The molecule has 9 nitrogen and oxygen atoms in total. The van der Waals surface area contributed by atoms with Crippen molar-refractivity contribution in [3.05, 3.63) is 70.0 Å². The lowest BCUT2D eigenvalue weighted by molar-refractivity contribution is 0.339. The second-order valence-electron chi connectivity index (χ2n) is 6.61. The van der Waals surface area contributed by atoms with E-state index in [2.05, 4.69) is 14.9 Å². The fourth-order valence-corrected chi connectivity index (χ4v) is 3.60. The Bertz CT molecular complexity index is 1170. The van der Waals surface area contributed by atoms with E-state index in [1.807, 2.05) is 19.9 Å². The molecule has 3 aromatic rings. The van der Waals surface area contributed by atoms with E-state index in [-0.39, 0.29) is 31.0 Å². The average molecular weight is 435 g/mol. The van der Waals surface area contributed by atoms with Crippen LogP contribution in [-0.2, 0) is 16.6 Å². The maximum absolute atomic E-state index is 12.9. The van der Waals surface area contributed by atoms with E-state index in [4.69, 9.17) is 4.74 Å². The van der Waals surface area contributed by atoms with Crippen LogP contribution >= 0.6 is 0 Å². The predicted molar refractivity (Wildman–Crippen MR) is 109 cm³/mol. The van der Waals surface area contributed by atoms with Gasteiger partial charge in [0, 0.05) is 18.3 Å². The van der Waals surface area contributed by atoms with E-state index in [9.17, 15) is 17.6 Å². The molecule has 0 fully saturated rings. The summed E-state index contributed by atoms with van der Waals surface area (Å²) in [6.45, 7) is 3.69. The van der Waals surface area contributed by atoms with Crippen molar-refractivity contribution in [2.24, 2.45) is 0 Å². The monoisotopic (exact) mass is 435 g/mol. The molecule has 11 heteroatoms. The molecular formula is C19H22FN5O4S. The number of rotatable bonds is 9. The van der Waals surface area contributed by atoms with Crippen LogP contribution in [0.5, 0.6) is 5.75 Å². The summed E-state index contributed by atoms with van der Waals surface area (Å²) >= 11 is 0. The van der Waals surface area contributed by atoms with Gasteiger partial charge in [-0.05, 0) is 50.2 Å². The summed E-state index contributed by atoms with van der Waals surface area (Å²) in [4.78, 5) is 12.0. The number of ether oxygens (including phenoxy) is 1. The van der Waals surface area contributed by atoms with Crippen LogP contribution in [0.1, 0.15) is 11.4 Å². The Labute approximate surface area is 173 Å². The van der Waals surface area contributed by atoms with Gasteiger partial charge in [0.15, 0.2) is 5.82 Å². The van der Waals surface area contributed by atoms with Crippen molar-refractivity contribution < 1.29 is 17.5 Å². The molecular weight excluding hydrogens is 413 g/mol. The topological polar surface area (TPSA) is 108 Å². The molecule has 0 unspecified atom stereocenters. The molecule has 0 amide bonds. The number of nitrogens with zero attached hydrogens (tertiary/aromatic N) is 4. The van der Waals surface area contributed by atoms with Crippen molar-refractivity contribution in [3.8, 4) is 11.6 Å². The minimum atomic E-state index is -3.62. The molecule has 2 aromatic heterocycles. The standard InChI is InChI=1S/C19H22FN5O4S/c1-14-13-15(2)25(22-14)18-7-8-19(26)24(23-18)10-9-21-30(27,28)12-11-29-17-5-3-16(20)4-6-17/h3-8,13,21H,9-12H2,1-2H3. The van der Waals surface area contributed by atoms with Gasteiger partial charge in [-0.25, -0.2) is 26.9 Å². The quantitative estimate of drug-likeness (QED) is 0.541. The first kappa shape index (κ1) is 21.7. The lowest BCUT2D eigenvalue weighted by Gasteiger charge is -2.10. The highest BCUT2D eigenvalue weighted by Gasteiger charge is 2.12. The molecule has 0 saturated heterocycles. The van der Waals surface area contributed by atoms with E-state index in [1.165, 1.54) is 35.0 Å². The lowest BCUT2D eigenvalue weighted by Crippen LogP contribution is -2.34.